The van der Waals surface area contributed by atoms with E-state index in [-0.39, 0.29) is 0 Å². The van der Waals surface area contributed by atoms with Crippen LogP contribution in [0.2, 0.25) is 0 Å². The van der Waals surface area contributed by atoms with Crippen LogP contribution in [0.5, 0.6) is 11.5 Å². The summed E-state index contributed by atoms with van der Waals surface area (Å²) in [4.78, 5) is 0. The van der Waals surface area contributed by atoms with Gasteiger partial charge in [0.1, 0.15) is 22.1 Å². The summed E-state index contributed by atoms with van der Waals surface area (Å²) in [7, 11) is 3.16. The third-order valence-corrected chi connectivity index (χ3v) is 4.07. The van der Waals surface area contributed by atoms with Crippen LogP contribution in [0.4, 0.5) is 0 Å². The lowest BCUT2D eigenvalue weighted by Gasteiger charge is -2.18. The zero-order valence-electron chi connectivity index (χ0n) is 12.6. The van der Waals surface area contributed by atoms with Gasteiger partial charge in [-0.15, -0.1) is 0 Å². The standard InChI is InChI=1S/C15H19BrN2O3/c1-5-18-11(8-9(2)17-18)14(19)10-6-7-12(20-3)13(16)15(10)21-4/h6-8,14,19H,5H2,1-4H3. The van der Waals surface area contributed by atoms with Gasteiger partial charge in [0, 0.05) is 12.1 Å². The SMILES string of the molecule is CCn1nc(C)cc1C(O)c1ccc(OC)c(Br)c1OC. The largest absolute Gasteiger partial charge is 0.495 e. The molecule has 0 bridgehead atoms. The quantitative estimate of drug-likeness (QED) is 0.896. The highest BCUT2D eigenvalue weighted by molar-refractivity contribution is 9.10. The fourth-order valence-electron chi connectivity index (χ4n) is 2.33. The second kappa shape index (κ2) is 6.49. The Labute approximate surface area is 132 Å². The van der Waals surface area contributed by atoms with Gasteiger partial charge in [-0.25, -0.2) is 0 Å². The molecule has 2 rings (SSSR count). The lowest BCUT2D eigenvalue weighted by Crippen LogP contribution is -2.10. The molecule has 1 aromatic heterocycles. The number of nitrogens with zero attached hydrogens (tertiary/aromatic N) is 2. The summed E-state index contributed by atoms with van der Waals surface area (Å²) in [5, 5.41) is 15.1. The van der Waals surface area contributed by atoms with Crippen LogP contribution in [0.1, 0.15) is 30.0 Å². The highest BCUT2D eigenvalue weighted by Gasteiger charge is 2.23. The number of aliphatic hydroxyl groups is 1. The maximum Gasteiger partial charge on any atom is 0.143 e. The number of aromatic nitrogens is 2. The lowest BCUT2D eigenvalue weighted by atomic mass is 10.0. The van der Waals surface area contributed by atoms with Crippen molar-refractivity contribution in [3.63, 3.8) is 0 Å². The van der Waals surface area contributed by atoms with E-state index in [4.69, 9.17) is 9.47 Å². The molecule has 0 amide bonds. The third-order valence-electron chi connectivity index (χ3n) is 3.32. The van der Waals surface area contributed by atoms with Crippen molar-refractivity contribution in [2.75, 3.05) is 14.2 Å². The Balaban J connectivity index is 2.52. The summed E-state index contributed by atoms with van der Waals surface area (Å²) < 4.78 is 13.1. The first-order valence-corrected chi connectivity index (χ1v) is 7.45. The van der Waals surface area contributed by atoms with Crippen molar-refractivity contribution in [1.29, 1.82) is 0 Å². The Bertz CT molecular complexity index is 640. The summed E-state index contributed by atoms with van der Waals surface area (Å²) in [5.74, 6) is 1.21. The van der Waals surface area contributed by atoms with Crippen LogP contribution < -0.4 is 9.47 Å². The molecule has 6 heteroatoms. The highest BCUT2D eigenvalue weighted by Crippen LogP contribution is 2.41. The summed E-state index contributed by atoms with van der Waals surface area (Å²) in [6.45, 7) is 4.59. The number of methoxy groups -OCH3 is 2. The molecule has 1 unspecified atom stereocenters. The number of ether oxygens (including phenoxy) is 2. The van der Waals surface area contributed by atoms with Crippen molar-refractivity contribution in [3.8, 4) is 11.5 Å². The van der Waals surface area contributed by atoms with Gasteiger partial charge < -0.3 is 14.6 Å². The van der Waals surface area contributed by atoms with Gasteiger partial charge >= 0.3 is 0 Å². The van der Waals surface area contributed by atoms with Crippen LogP contribution in [0, 0.1) is 6.92 Å². The molecule has 2 aromatic rings. The topological polar surface area (TPSA) is 56.5 Å². The van der Waals surface area contributed by atoms with Gasteiger partial charge in [0.05, 0.1) is 25.6 Å². The molecule has 0 aliphatic rings. The highest BCUT2D eigenvalue weighted by atomic mass is 79.9. The zero-order chi connectivity index (χ0) is 15.6. The van der Waals surface area contributed by atoms with Gasteiger partial charge in [0.25, 0.3) is 0 Å². The van der Waals surface area contributed by atoms with E-state index in [0.717, 1.165) is 11.4 Å². The second-order valence-corrected chi connectivity index (χ2v) is 5.43. The smallest absolute Gasteiger partial charge is 0.143 e. The first-order valence-electron chi connectivity index (χ1n) is 6.66. The van der Waals surface area contributed by atoms with Crippen molar-refractivity contribution in [3.05, 3.63) is 39.6 Å². The lowest BCUT2D eigenvalue weighted by molar-refractivity contribution is 0.202. The molecular weight excluding hydrogens is 336 g/mol. The molecule has 1 N–H and O–H groups in total. The molecule has 1 atom stereocenters. The van der Waals surface area contributed by atoms with E-state index in [9.17, 15) is 5.11 Å². The minimum atomic E-state index is -0.816. The minimum absolute atomic E-state index is 0.559. The normalized spacial score (nSPS) is 12.3. The van der Waals surface area contributed by atoms with Gasteiger partial charge in [-0.3, -0.25) is 4.68 Å². The van der Waals surface area contributed by atoms with Gasteiger partial charge in [-0.1, -0.05) is 0 Å². The number of benzene rings is 1. The van der Waals surface area contributed by atoms with Crippen LogP contribution in [0.3, 0.4) is 0 Å². The van der Waals surface area contributed by atoms with Gasteiger partial charge in [-0.2, -0.15) is 5.10 Å². The van der Waals surface area contributed by atoms with E-state index in [1.54, 1.807) is 31.0 Å². The average molecular weight is 355 g/mol. The fraction of sp³-hybridized carbons (Fsp3) is 0.400. The van der Waals surface area contributed by atoms with Crippen LogP contribution in [-0.4, -0.2) is 29.1 Å². The Hall–Kier alpha value is -1.53. The van der Waals surface area contributed by atoms with Crippen molar-refractivity contribution in [2.45, 2.75) is 26.5 Å². The summed E-state index contributed by atoms with van der Waals surface area (Å²) >= 11 is 3.45. The van der Waals surface area contributed by atoms with E-state index in [1.807, 2.05) is 19.9 Å². The first-order chi connectivity index (χ1) is 10.0. The van der Waals surface area contributed by atoms with E-state index >= 15 is 0 Å². The van der Waals surface area contributed by atoms with Crippen molar-refractivity contribution in [2.24, 2.45) is 0 Å². The van der Waals surface area contributed by atoms with Crippen molar-refractivity contribution >= 4 is 15.9 Å². The number of halogens is 1. The monoisotopic (exact) mass is 354 g/mol. The van der Waals surface area contributed by atoms with Crippen LogP contribution >= 0.6 is 15.9 Å². The summed E-state index contributed by atoms with van der Waals surface area (Å²) in [5.41, 5.74) is 2.28. The Morgan fingerprint density at radius 3 is 2.62 bits per heavy atom. The summed E-state index contributed by atoms with van der Waals surface area (Å²) in [6.07, 6.45) is -0.816. The molecule has 0 aliphatic heterocycles. The van der Waals surface area contributed by atoms with Crippen LogP contribution in [0.15, 0.2) is 22.7 Å². The van der Waals surface area contributed by atoms with E-state index in [1.165, 1.54) is 0 Å². The van der Waals surface area contributed by atoms with Gasteiger partial charge in [0.2, 0.25) is 0 Å². The zero-order valence-corrected chi connectivity index (χ0v) is 14.1. The Kier molecular flexibility index (Phi) is 4.90. The minimum Gasteiger partial charge on any atom is -0.495 e. The molecule has 0 fully saturated rings. The first kappa shape index (κ1) is 15.9. The molecule has 114 valence electrons. The maximum atomic E-state index is 10.7. The molecule has 1 aromatic carbocycles. The fourth-order valence-corrected chi connectivity index (χ4v) is 3.02. The molecule has 0 spiro atoms. The Morgan fingerprint density at radius 2 is 2.05 bits per heavy atom. The molecule has 0 radical (unpaired) electrons. The second-order valence-electron chi connectivity index (χ2n) is 4.63. The van der Waals surface area contributed by atoms with E-state index in [2.05, 4.69) is 21.0 Å². The molecule has 1 heterocycles. The molecule has 0 aliphatic carbocycles. The van der Waals surface area contributed by atoms with Gasteiger partial charge in [0.15, 0.2) is 0 Å². The molecular formula is C15H19BrN2O3. The molecule has 5 nitrogen and oxygen atoms in total. The van der Waals surface area contributed by atoms with E-state index in [0.29, 0.717) is 28.1 Å². The number of aryl methyl sites for hydroxylation is 2. The summed E-state index contributed by atoms with van der Waals surface area (Å²) in [6, 6.07) is 5.48. The van der Waals surface area contributed by atoms with Crippen molar-refractivity contribution < 1.29 is 14.6 Å². The third kappa shape index (κ3) is 2.91. The molecule has 0 saturated carbocycles. The number of hydrogen-bond donors (Lipinski definition) is 1. The number of hydrogen-bond acceptors (Lipinski definition) is 4. The van der Waals surface area contributed by atoms with Gasteiger partial charge in [-0.05, 0) is 48.0 Å². The predicted octanol–water partition coefficient (Wildman–Crippen LogP) is 3.07. The molecule has 21 heavy (non-hydrogen) atoms. The van der Waals surface area contributed by atoms with Crippen molar-refractivity contribution in [1.82, 2.24) is 9.78 Å². The Morgan fingerprint density at radius 1 is 1.33 bits per heavy atom. The molecule has 0 saturated heterocycles. The number of rotatable bonds is 5. The average Bonchev–Trinajstić information content (AvgIpc) is 2.87. The van der Waals surface area contributed by atoms with Crippen LogP contribution in [0.25, 0.3) is 0 Å². The van der Waals surface area contributed by atoms with Crippen LogP contribution in [-0.2, 0) is 6.54 Å². The maximum absolute atomic E-state index is 10.7. The predicted molar refractivity (Wildman–Crippen MR) is 83.9 cm³/mol. The number of aliphatic hydroxyl groups excluding tert-OH is 1. The van der Waals surface area contributed by atoms with E-state index < -0.39 is 6.10 Å².